The van der Waals surface area contributed by atoms with Crippen LogP contribution in [0, 0.1) is 18.5 Å². The molecular weight excluding hydrogens is 292 g/mol. The summed E-state index contributed by atoms with van der Waals surface area (Å²) in [6.07, 6.45) is 0. The molecular formula is C10H9BrN2S2. The van der Waals surface area contributed by atoms with Crippen molar-refractivity contribution in [2.24, 2.45) is 0 Å². The largest absolute Gasteiger partial charge is 0.342 e. The van der Waals surface area contributed by atoms with Gasteiger partial charge in [-0.25, -0.2) is 4.98 Å². The first-order valence-corrected chi connectivity index (χ1v) is 6.43. The van der Waals surface area contributed by atoms with Gasteiger partial charge in [-0.15, -0.1) is 11.3 Å². The lowest BCUT2D eigenvalue weighted by Crippen LogP contribution is -1.94. The van der Waals surface area contributed by atoms with Crippen molar-refractivity contribution in [2.45, 2.75) is 13.8 Å². The molecule has 0 saturated heterocycles. The van der Waals surface area contributed by atoms with E-state index in [0.29, 0.717) is 4.64 Å². The predicted molar refractivity (Wildman–Crippen MR) is 69.9 cm³/mol. The van der Waals surface area contributed by atoms with Crippen LogP contribution < -0.4 is 0 Å². The molecule has 2 rings (SSSR count). The number of aromatic nitrogens is 2. The number of hydrogen-bond acceptors (Lipinski definition) is 3. The molecule has 5 heteroatoms. The Hall–Kier alpha value is -0.520. The van der Waals surface area contributed by atoms with Gasteiger partial charge in [0.05, 0.1) is 8.66 Å². The Morgan fingerprint density at radius 1 is 1.40 bits per heavy atom. The fourth-order valence-electron chi connectivity index (χ4n) is 1.20. The van der Waals surface area contributed by atoms with Crippen LogP contribution in [0.3, 0.4) is 0 Å². The third kappa shape index (κ3) is 2.19. The molecule has 0 radical (unpaired) electrons. The summed E-state index contributed by atoms with van der Waals surface area (Å²) in [5.74, 6) is 0.846. The maximum Gasteiger partial charge on any atom is 0.149 e. The SMILES string of the molecule is Cc1[nH]c(-c2ccc(Br)s2)nc(=S)c1C. The smallest absolute Gasteiger partial charge is 0.149 e. The number of hydrogen-bond donors (Lipinski definition) is 1. The summed E-state index contributed by atoms with van der Waals surface area (Å²) in [5.41, 5.74) is 2.12. The summed E-state index contributed by atoms with van der Waals surface area (Å²) in [6, 6.07) is 4.03. The number of aromatic amines is 1. The third-order valence-electron chi connectivity index (χ3n) is 2.21. The molecule has 0 aliphatic carbocycles. The van der Waals surface area contributed by atoms with Gasteiger partial charge in [0, 0.05) is 11.3 Å². The number of aryl methyl sites for hydroxylation is 1. The van der Waals surface area contributed by atoms with Crippen LogP contribution in [0.4, 0.5) is 0 Å². The normalized spacial score (nSPS) is 10.6. The maximum absolute atomic E-state index is 5.20. The van der Waals surface area contributed by atoms with Gasteiger partial charge in [-0.05, 0) is 41.9 Å². The minimum Gasteiger partial charge on any atom is -0.342 e. The Morgan fingerprint density at radius 2 is 2.13 bits per heavy atom. The first-order valence-electron chi connectivity index (χ1n) is 4.41. The molecule has 0 aliphatic heterocycles. The van der Waals surface area contributed by atoms with Crippen molar-refractivity contribution in [3.8, 4) is 10.7 Å². The molecule has 15 heavy (non-hydrogen) atoms. The van der Waals surface area contributed by atoms with E-state index < -0.39 is 0 Å². The number of nitrogens with one attached hydrogen (secondary N) is 1. The number of halogens is 1. The van der Waals surface area contributed by atoms with Crippen LogP contribution in [0.1, 0.15) is 11.3 Å². The standard InChI is InChI=1S/C10H9BrN2S2/c1-5-6(2)12-9(13-10(5)14)7-3-4-8(11)15-7/h3-4H,1-2H3,(H,12,13,14). The Kier molecular flexibility index (Phi) is 3.04. The van der Waals surface area contributed by atoms with Crippen molar-refractivity contribution in [3.05, 3.63) is 31.8 Å². The predicted octanol–water partition coefficient (Wildman–Crippen LogP) is 4.25. The lowest BCUT2D eigenvalue weighted by molar-refractivity contribution is 1.06. The van der Waals surface area contributed by atoms with E-state index in [2.05, 4.69) is 25.9 Å². The molecule has 0 spiro atoms. The second kappa shape index (κ2) is 4.15. The van der Waals surface area contributed by atoms with Crippen molar-refractivity contribution in [3.63, 3.8) is 0 Å². The van der Waals surface area contributed by atoms with Crippen molar-refractivity contribution >= 4 is 39.5 Å². The Balaban J connectivity index is 2.60. The van der Waals surface area contributed by atoms with Gasteiger partial charge < -0.3 is 4.98 Å². The van der Waals surface area contributed by atoms with Crippen molar-refractivity contribution in [1.29, 1.82) is 0 Å². The van der Waals surface area contributed by atoms with E-state index in [0.717, 1.165) is 25.7 Å². The molecule has 0 unspecified atom stereocenters. The Bertz CT molecular complexity index is 557. The van der Waals surface area contributed by atoms with E-state index in [4.69, 9.17) is 12.2 Å². The second-order valence-electron chi connectivity index (χ2n) is 3.24. The number of H-pyrrole nitrogens is 1. The van der Waals surface area contributed by atoms with Crippen LogP contribution >= 0.6 is 39.5 Å². The quantitative estimate of drug-likeness (QED) is 0.798. The monoisotopic (exact) mass is 300 g/mol. The molecule has 1 N–H and O–H groups in total. The van der Waals surface area contributed by atoms with Gasteiger partial charge in [0.25, 0.3) is 0 Å². The first-order chi connectivity index (χ1) is 7.08. The number of rotatable bonds is 1. The van der Waals surface area contributed by atoms with Gasteiger partial charge in [-0.3, -0.25) is 0 Å². The van der Waals surface area contributed by atoms with E-state index in [9.17, 15) is 0 Å². The van der Waals surface area contributed by atoms with E-state index >= 15 is 0 Å². The summed E-state index contributed by atoms with van der Waals surface area (Å²) < 4.78 is 1.77. The number of nitrogens with zero attached hydrogens (tertiary/aromatic N) is 1. The zero-order chi connectivity index (χ0) is 11.0. The average molecular weight is 301 g/mol. The van der Waals surface area contributed by atoms with Crippen molar-refractivity contribution in [2.75, 3.05) is 0 Å². The maximum atomic E-state index is 5.20. The lowest BCUT2D eigenvalue weighted by atomic mass is 10.3. The van der Waals surface area contributed by atoms with Crippen molar-refractivity contribution < 1.29 is 0 Å². The molecule has 0 fully saturated rings. The molecule has 0 atom stereocenters. The highest BCUT2D eigenvalue weighted by Gasteiger charge is 2.05. The van der Waals surface area contributed by atoms with E-state index in [1.165, 1.54) is 0 Å². The summed E-state index contributed by atoms with van der Waals surface area (Å²) in [7, 11) is 0. The number of thiophene rings is 1. The van der Waals surface area contributed by atoms with Gasteiger partial charge in [0.15, 0.2) is 0 Å². The first kappa shape index (κ1) is 11.0. The fourth-order valence-corrected chi connectivity index (χ4v) is 2.78. The van der Waals surface area contributed by atoms with E-state index in [-0.39, 0.29) is 0 Å². The van der Waals surface area contributed by atoms with Crippen LogP contribution in [0.25, 0.3) is 10.7 Å². The summed E-state index contributed by atoms with van der Waals surface area (Å²) in [5, 5.41) is 0. The molecule has 2 aromatic heterocycles. The fraction of sp³-hybridized carbons (Fsp3) is 0.200. The van der Waals surface area contributed by atoms with E-state index in [1.54, 1.807) is 11.3 Å². The van der Waals surface area contributed by atoms with Crippen LogP contribution in [0.5, 0.6) is 0 Å². The molecule has 0 aliphatic rings. The Labute approximate surface area is 106 Å². The molecule has 2 nitrogen and oxygen atoms in total. The zero-order valence-electron chi connectivity index (χ0n) is 8.30. The highest BCUT2D eigenvalue weighted by molar-refractivity contribution is 9.11. The Morgan fingerprint density at radius 3 is 2.67 bits per heavy atom. The highest BCUT2D eigenvalue weighted by atomic mass is 79.9. The van der Waals surface area contributed by atoms with Crippen LogP contribution in [0.15, 0.2) is 15.9 Å². The molecule has 0 aromatic carbocycles. The summed E-state index contributed by atoms with van der Waals surface area (Å²) in [4.78, 5) is 8.72. The minimum absolute atomic E-state index is 0.672. The van der Waals surface area contributed by atoms with Crippen molar-refractivity contribution in [1.82, 2.24) is 9.97 Å². The molecule has 0 amide bonds. The third-order valence-corrected chi connectivity index (χ3v) is 4.24. The topological polar surface area (TPSA) is 28.7 Å². The van der Waals surface area contributed by atoms with Gasteiger partial charge in [0.1, 0.15) is 10.5 Å². The van der Waals surface area contributed by atoms with Crippen LogP contribution in [0.2, 0.25) is 0 Å². The lowest BCUT2D eigenvalue weighted by Gasteiger charge is -2.03. The highest BCUT2D eigenvalue weighted by Crippen LogP contribution is 2.29. The molecule has 2 heterocycles. The van der Waals surface area contributed by atoms with Gasteiger partial charge in [-0.1, -0.05) is 12.2 Å². The molecule has 0 saturated carbocycles. The van der Waals surface area contributed by atoms with Crippen LogP contribution in [-0.2, 0) is 0 Å². The molecule has 0 bridgehead atoms. The van der Waals surface area contributed by atoms with E-state index in [1.807, 2.05) is 26.0 Å². The summed E-state index contributed by atoms with van der Waals surface area (Å²) in [6.45, 7) is 3.99. The van der Waals surface area contributed by atoms with Gasteiger partial charge in [0.2, 0.25) is 0 Å². The van der Waals surface area contributed by atoms with Gasteiger partial charge >= 0.3 is 0 Å². The molecule has 78 valence electrons. The van der Waals surface area contributed by atoms with Crippen LogP contribution in [-0.4, -0.2) is 9.97 Å². The average Bonchev–Trinajstić information content (AvgIpc) is 2.60. The zero-order valence-corrected chi connectivity index (χ0v) is 11.5. The second-order valence-corrected chi connectivity index (χ2v) is 6.09. The molecule has 2 aromatic rings. The summed E-state index contributed by atoms with van der Waals surface area (Å²) >= 11 is 10.3. The van der Waals surface area contributed by atoms with Gasteiger partial charge in [-0.2, -0.15) is 0 Å². The minimum atomic E-state index is 0.672.